The number of likely N-dealkylation sites (N-methyl/N-ethyl adjacent to an activating group) is 1. The van der Waals surface area contributed by atoms with E-state index in [4.69, 9.17) is 16.3 Å². The Morgan fingerprint density at radius 2 is 1.78 bits per heavy atom. The van der Waals surface area contributed by atoms with Crippen LogP contribution in [0.3, 0.4) is 0 Å². The van der Waals surface area contributed by atoms with Gasteiger partial charge in [0.05, 0.1) is 17.5 Å². The molecule has 2 aromatic carbocycles. The van der Waals surface area contributed by atoms with Crippen molar-refractivity contribution in [3.63, 3.8) is 0 Å². The van der Waals surface area contributed by atoms with E-state index in [1.165, 1.54) is 0 Å². The fourth-order valence-corrected chi connectivity index (χ4v) is 8.26. The second-order valence-corrected chi connectivity index (χ2v) is 13.7. The van der Waals surface area contributed by atoms with Gasteiger partial charge < -0.3 is 14.5 Å². The van der Waals surface area contributed by atoms with E-state index in [0.717, 1.165) is 29.5 Å². The van der Waals surface area contributed by atoms with Crippen LogP contribution in [0.2, 0.25) is 5.15 Å². The highest BCUT2D eigenvalue weighted by Crippen LogP contribution is 2.41. The van der Waals surface area contributed by atoms with E-state index in [1.54, 1.807) is 31.9 Å². The second-order valence-electron chi connectivity index (χ2n) is 11.1. The van der Waals surface area contributed by atoms with Crippen molar-refractivity contribution < 1.29 is 22.7 Å². The number of amides is 2. The molecule has 1 aromatic heterocycles. The molecule has 1 aliphatic carbocycles. The second kappa shape index (κ2) is 9.85. The number of sulfonamides is 1. The molecule has 3 aliphatic heterocycles. The molecule has 7 rings (SSSR count). The summed E-state index contributed by atoms with van der Waals surface area (Å²) < 4.78 is 35.1. The fourth-order valence-electron chi connectivity index (χ4n) is 6.16. The summed E-state index contributed by atoms with van der Waals surface area (Å²) in [6.45, 7) is 1.42. The van der Waals surface area contributed by atoms with Gasteiger partial charge in [0.25, 0.3) is 11.8 Å². The number of rotatable bonds is 5. The Labute approximate surface area is 243 Å². The number of halogens is 1. The van der Waals surface area contributed by atoms with Crippen LogP contribution in [0.25, 0.3) is 0 Å². The number of aromatic nitrogens is 2. The standard InChI is InChI=1S/C29H30ClN5O5S/c1-32-26-21-11-13-33(41(38,39)20-8-9-20)16-19(21)7-10-24(26)40-17-23(28(32)36)34-14-12-22-25(29(34)37)31-35(27(22)30)15-18-5-3-2-4-6-18/h2-7,10,20,23H,8-9,11-17H2,1H3/t23-/m0/s1. The number of benzene rings is 2. The maximum atomic E-state index is 13.9. The highest BCUT2D eigenvalue weighted by molar-refractivity contribution is 7.90. The van der Waals surface area contributed by atoms with Crippen molar-refractivity contribution in [2.24, 2.45) is 0 Å². The molecule has 0 unspecified atom stereocenters. The topological polar surface area (TPSA) is 105 Å². The van der Waals surface area contributed by atoms with Crippen LogP contribution >= 0.6 is 11.6 Å². The molecule has 1 fully saturated rings. The van der Waals surface area contributed by atoms with Crippen LogP contribution in [0.15, 0.2) is 42.5 Å². The van der Waals surface area contributed by atoms with Crippen molar-refractivity contribution in [2.45, 2.75) is 50.1 Å². The molecule has 3 aromatic rings. The van der Waals surface area contributed by atoms with Crippen molar-refractivity contribution in [3.05, 3.63) is 75.6 Å². The van der Waals surface area contributed by atoms with Gasteiger partial charge in [0.15, 0.2) is 5.69 Å². The molecule has 0 N–H and O–H groups in total. The first-order valence-electron chi connectivity index (χ1n) is 13.9. The van der Waals surface area contributed by atoms with Gasteiger partial charge in [-0.15, -0.1) is 0 Å². The van der Waals surface area contributed by atoms with Crippen LogP contribution < -0.4 is 9.64 Å². The van der Waals surface area contributed by atoms with Gasteiger partial charge in [-0.25, -0.2) is 13.1 Å². The third-order valence-corrected chi connectivity index (χ3v) is 11.3. The van der Waals surface area contributed by atoms with E-state index in [9.17, 15) is 18.0 Å². The monoisotopic (exact) mass is 595 g/mol. The van der Waals surface area contributed by atoms with Gasteiger partial charge in [0, 0.05) is 32.2 Å². The lowest BCUT2D eigenvalue weighted by Gasteiger charge is -2.34. The van der Waals surface area contributed by atoms with E-state index in [-0.39, 0.29) is 35.9 Å². The number of nitrogens with zero attached hydrogens (tertiary/aromatic N) is 5. The third kappa shape index (κ3) is 4.41. The molecule has 1 atom stereocenters. The van der Waals surface area contributed by atoms with Gasteiger partial charge in [-0.3, -0.25) is 9.59 Å². The number of ether oxygens (including phenoxy) is 1. The Hall–Kier alpha value is -3.41. The molecule has 1 saturated carbocycles. The molecule has 12 heteroatoms. The average Bonchev–Trinajstić information content (AvgIpc) is 3.80. The lowest BCUT2D eigenvalue weighted by molar-refractivity contribution is -0.123. The van der Waals surface area contributed by atoms with Crippen LogP contribution in [0.5, 0.6) is 5.75 Å². The highest BCUT2D eigenvalue weighted by Gasteiger charge is 2.44. The Kier molecular flexibility index (Phi) is 6.36. The van der Waals surface area contributed by atoms with Crippen molar-refractivity contribution in [1.82, 2.24) is 19.0 Å². The van der Waals surface area contributed by atoms with Crippen LogP contribution in [-0.2, 0) is 40.7 Å². The molecule has 0 radical (unpaired) electrons. The molecule has 10 nitrogen and oxygen atoms in total. The van der Waals surface area contributed by atoms with Gasteiger partial charge in [-0.2, -0.15) is 9.40 Å². The highest BCUT2D eigenvalue weighted by atomic mass is 35.5. The molecule has 4 heterocycles. The first-order valence-corrected chi connectivity index (χ1v) is 15.8. The summed E-state index contributed by atoms with van der Waals surface area (Å²) >= 11 is 6.65. The summed E-state index contributed by atoms with van der Waals surface area (Å²) in [4.78, 5) is 30.7. The van der Waals surface area contributed by atoms with Gasteiger partial charge in [-0.1, -0.05) is 48.0 Å². The van der Waals surface area contributed by atoms with E-state index < -0.39 is 16.1 Å². The summed E-state index contributed by atoms with van der Waals surface area (Å²) in [5, 5.41) is 4.73. The number of hydrogen-bond acceptors (Lipinski definition) is 6. The summed E-state index contributed by atoms with van der Waals surface area (Å²) in [5.74, 6) is -0.0399. The summed E-state index contributed by atoms with van der Waals surface area (Å²) in [6.07, 6.45) is 2.41. The van der Waals surface area contributed by atoms with E-state index in [1.807, 2.05) is 36.4 Å². The van der Waals surface area contributed by atoms with Crippen LogP contribution in [0.1, 0.15) is 45.6 Å². The molecule has 0 spiro atoms. The normalized spacial score (nSPS) is 21.2. The lowest BCUT2D eigenvalue weighted by atomic mass is 9.97. The molecule has 214 valence electrons. The Bertz CT molecular complexity index is 1670. The van der Waals surface area contributed by atoms with Crippen molar-refractivity contribution in [1.29, 1.82) is 0 Å². The van der Waals surface area contributed by atoms with Crippen molar-refractivity contribution in [3.8, 4) is 5.75 Å². The number of carbonyl (C=O) groups is 2. The van der Waals surface area contributed by atoms with Gasteiger partial charge in [-0.05, 0) is 48.4 Å². The zero-order chi connectivity index (χ0) is 28.5. The molecule has 4 aliphatic rings. The molecule has 2 amide bonds. The van der Waals surface area contributed by atoms with Crippen molar-refractivity contribution in [2.75, 3.05) is 31.6 Å². The average molecular weight is 596 g/mol. The molecular weight excluding hydrogens is 566 g/mol. The van der Waals surface area contributed by atoms with Gasteiger partial charge >= 0.3 is 0 Å². The first kappa shape index (κ1) is 26.5. The minimum Gasteiger partial charge on any atom is -0.489 e. The molecule has 0 saturated heterocycles. The first-order chi connectivity index (χ1) is 19.7. The zero-order valence-electron chi connectivity index (χ0n) is 22.6. The minimum absolute atomic E-state index is 0.0106. The number of anilines is 1. The minimum atomic E-state index is -3.30. The van der Waals surface area contributed by atoms with E-state index >= 15 is 0 Å². The smallest absolute Gasteiger partial charge is 0.275 e. The predicted molar refractivity (Wildman–Crippen MR) is 153 cm³/mol. The SMILES string of the molecule is CN1C(=O)[C@@H](N2CCc3c(nn(Cc4ccccc4)c3Cl)C2=O)COc2ccc3c(c21)CCN(S(=O)(=O)C1CC1)C3. The van der Waals surface area contributed by atoms with Crippen LogP contribution in [0.4, 0.5) is 5.69 Å². The maximum absolute atomic E-state index is 13.9. The number of carbonyl (C=O) groups excluding carboxylic acids is 2. The number of fused-ring (bicyclic) bond motifs is 4. The molecular formula is C29H30ClN5O5S. The number of hydrogen-bond donors (Lipinski definition) is 0. The zero-order valence-corrected chi connectivity index (χ0v) is 24.2. The maximum Gasteiger partial charge on any atom is 0.275 e. The van der Waals surface area contributed by atoms with Crippen LogP contribution in [-0.4, -0.2) is 77.3 Å². The van der Waals surface area contributed by atoms with Gasteiger partial charge in [0.2, 0.25) is 10.0 Å². The molecule has 41 heavy (non-hydrogen) atoms. The molecule has 0 bridgehead atoms. The van der Waals surface area contributed by atoms with E-state index in [2.05, 4.69) is 5.10 Å². The Morgan fingerprint density at radius 1 is 1.02 bits per heavy atom. The van der Waals surface area contributed by atoms with Crippen molar-refractivity contribution >= 4 is 39.1 Å². The fraction of sp³-hybridized carbons (Fsp3) is 0.414. The quantitative estimate of drug-likeness (QED) is 0.449. The predicted octanol–water partition coefficient (Wildman–Crippen LogP) is 2.86. The van der Waals surface area contributed by atoms with Crippen LogP contribution in [0, 0.1) is 0 Å². The Morgan fingerprint density at radius 3 is 2.54 bits per heavy atom. The summed E-state index contributed by atoms with van der Waals surface area (Å²) in [7, 11) is -1.60. The summed E-state index contributed by atoms with van der Waals surface area (Å²) in [6, 6.07) is 12.6. The van der Waals surface area contributed by atoms with Gasteiger partial charge in [0.1, 0.15) is 23.6 Å². The Balaban J connectivity index is 1.14. The largest absolute Gasteiger partial charge is 0.489 e. The van der Waals surface area contributed by atoms with E-state index in [0.29, 0.717) is 54.6 Å². The summed E-state index contributed by atoms with van der Waals surface area (Å²) in [5.41, 5.74) is 4.42. The lowest BCUT2D eigenvalue weighted by Crippen LogP contribution is -2.54. The third-order valence-electron chi connectivity index (χ3n) is 8.55.